The number of carboxylic acid groups (broad SMARTS) is 1. The van der Waals surface area contributed by atoms with Gasteiger partial charge in [-0.2, -0.15) is 0 Å². The van der Waals surface area contributed by atoms with Crippen LogP contribution < -0.4 is 16.4 Å². The fraction of sp³-hybridized carbons (Fsp3) is 0.200. The second-order valence-corrected chi connectivity index (χ2v) is 3.21. The Hall–Kier alpha value is -2.28. The first-order valence-corrected chi connectivity index (χ1v) is 4.86. The quantitative estimate of drug-likeness (QED) is 0.479. The summed E-state index contributed by atoms with van der Waals surface area (Å²) in [7, 11) is 0. The van der Waals surface area contributed by atoms with Gasteiger partial charge in [-0.05, 0) is 18.2 Å². The summed E-state index contributed by atoms with van der Waals surface area (Å²) in [5.74, 6) is -1.63. The molecule has 92 valence electrons. The molecule has 0 radical (unpaired) electrons. The molecule has 0 aromatic heterocycles. The van der Waals surface area contributed by atoms with Gasteiger partial charge in [0.15, 0.2) is 0 Å². The fourth-order valence-corrected chi connectivity index (χ4v) is 1.15. The van der Waals surface area contributed by atoms with E-state index in [1.165, 1.54) is 18.2 Å². The Bertz CT molecular complexity index is 434. The maximum Gasteiger partial charge on any atom is 0.339 e. The number of carboxylic acids is 1. The van der Waals surface area contributed by atoms with Crippen molar-refractivity contribution >= 4 is 17.7 Å². The van der Waals surface area contributed by atoms with Crippen molar-refractivity contribution in [1.29, 1.82) is 0 Å². The van der Waals surface area contributed by atoms with Crippen LogP contribution in [-0.2, 0) is 0 Å². The van der Waals surface area contributed by atoms with E-state index in [0.717, 1.165) is 0 Å². The maximum absolute atomic E-state index is 11.2. The van der Waals surface area contributed by atoms with Crippen LogP contribution in [0.15, 0.2) is 18.2 Å². The standard InChI is InChI=1S/C10H13N3O4/c11-3-4-12-10(17)13-6-1-2-8(14)7(5-6)9(15)16/h1-2,5,14H,3-4,11H2,(H,15,16)(H2,12,13,17). The minimum absolute atomic E-state index is 0.273. The van der Waals surface area contributed by atoms with Crippen LogP contribution in [0.1, 0.15) is 10.4 Å². The van der Waals surface area contributed by atoms with Crippen molar-refractivity contribution in [1.82, 2.24) is 5.32 Å². The van der Waals surface area contributed by atoms with Gasteiger partial charge in [0, 0.05) is 18.8 Å². The van der Waals surface area contributed by atoms with Gasteiger partial charge in [-0.15, -0.1) is 0 Å². The molecule has 0 fully saturated rings. The normalized spacial score (nSPS) is 9.71. The fourth-order valence-electron chi connectivity index (χ4n) is 1.15. The van der Waals surface area contributed by atoms with E-state index < -0.39 is 12.0 Å². The van der Waals surface area contributed by atoms with E-state index in [-0.39, 0.29) is 17.0 Å². The zero-order chi connectivity index (χ0) is 12.8. The lowest BCUT2D eigenvalue weighted by Gasteiger charge is -2.08. The van der Waals surface area contributed by atoms with E-state index in [4.69, 9.17) is 10.8 Å². The van der Waals surface area contributed by atoms with Crippen molar-refractivity contribution in [2.24, 2.45) is 5.73 Å². The molecule has 7 nitrogen and oxygen atoms in total. The maximum atomic E-state index is 11.2. The Kier molecular flexibility index (Phi) is 4.29. The molecule has 1 aromatic rings. The second kappa shape index (κ2) is 5.71. The Labute approximate surface area is 97.2 Å². The highest BCUT2D eigenvalue weighted by Gasteiger charge is 2.11. The van der Waals surface area contributed by atoms with Gasteiger partial charge < -0.3 is 26.6 Å². The predicted octanol–water partition coefficient (Wildman–Crippen LogP) is 0.171. The van der Waals surface area contributed by atoms with Gasteiger partial charge in [0.05, 0.1) is 0 Å². The number of nitrogens with one attached hydrogen (secondary N) is 2. The molecule has 2 amide bonds. The Morgan fingerprint density at radius 3 is 2.65 bits per heavy atom. The molecule has 0 saturated carbocycles. The smallest absolute Gasteiger partial charge is 0.339 e. The summed E-state index contributed by atoms with van der Waals surface area (Å²) in [6.07, 6.45) is 0. The van der Waals surface area contributed by atoms with Crippen LogP contribution in [0.4, 0.5) is 10.5 Å². The number of hydrogen-bond acceptors (Lipinski definition) is 4. The predicted molar refractivity (Wildman–Crippen MR) is 61.1 cm³/mol. The minimum atomic E-state index is -1.27. The van der Waals surface area contributed by atoms with Gasteiger partial charge in [0.1, 0.15) is 11.3 Å². The van der Waals surface area contributed by atoms with E-state index in [0.29, 0.717) is 13.1 Å². The molecular formula is C10H13N3O4. The third-order valence-electron chi connectivity index (χ3n) is 1.91. The third-order valence-corrected chi connectivity index (χ3v) is 1.91. The largest absolute Gasteiger partial charge is 0.507 e. The lowest BCUT2D eigenvalue weighted by molar-refractivity contribution is 0.0693. The topological polar surface area (TPSA) is 125 Å². The van der Waals surface area contributed by atoms with Gasteiger partial charge in [-0.1, -0.05) is 0 Å². The number of aromatic carboxylic acids is 1. The number of hydrogen-bond donors (Lipinski definition) is 5. The van der Waals surface area contributed by atoms with Crippen LogP contribution >= 0.6 is 0 Å². The molecule has 0 aliphatic heterocycles. The van der Waals surface area contributed by atoms with Crippen molar-refractivity contribution in [2.45, 2.75) is 0 Å². The van der Waals surface area contributed by atoms with Gasteiger partial charge in [0.25, 0.3) is 0 Å². The number of anilines is 1. The second-order valence-electron chi connectivity index (χ2n) is 3.21. The zero-order valence-corrected chi connectivity index (χ0v) is 8.93. The molecule has 0 atom stereocenters. The molecule has 0 heterocycles. The lowest BCUT2D eigenvalue weighted by Crippen LogP contribution is -2.32. The van der Waals surface area contributed by atoms with Crippen LogP contribution in [0.5, 0.6) is 5.75 Å². The summed E-state index contributed by atoms with van der Waals surface area (Å²) in [5.41, 5.74) is 5.20. The van der Waals surface area contributed by atoms with Crippen LogP contribution in [0.25, 0.3) is 0 Å². The molecule has 0 aliphatic rings. The molecule has 0 saturated heterocycles. The van der Waals surface area contributed by atoms with E-state index in [2.05, 4.69) is 10.6 Å². The number of phenols is 1. The van der Waals surface area contributed by atoms with Crippen molar-refractivity contribution in [3.05, 3.63) is 23.8 Å². The molecular weight excluding hydrogens is 226 g/mol. The van der Waals surface area contributed by atoms with Crippen LogP contribution in [0.3, 0.4) is 0 Å². The molecule has 6 N–H and O–H groups in total. The van der Waals surface area contributed by atoms with Crippen molar-refractivity contribution in [3.63, 3.8) is 0 Å². The summed E-state index contributed by atoms with van der Waals surface area (Å²) in [4.78, 5) is 22.0. The van der Waals surface area contributed by atoms with Gasteiger partial charge in [0.2, 0.25) is 0 Å². The molecule has 7 heteroatoms. The number of amides is 2. The SMILES string of the molecule is NCCNC(=O)Nc1ccc(O)c(C(=O)O)c1. The molecule has 17 heavy (non-hydrogen) atoms. The first kappa shape index (κ1) is 12.8. The van der Waals surface area contributed by atoms with Gasteiger partial charge >= 0.3 is 12.0 Å². The highest BCUT2D eigenvalue weighted by Crippen LogP contribution is 2.21. The first-order chi connectivity index (χ1) is 8.04. The Balaban J connectivity index is 2.75. The highest BCUT2D eigenvalue weighted by molar-refractivity contribution is 5.95. The molecule has 0 aliphatic carbocycles. The van der Waals surface area contributed by atoms with Gasteiger partial charge in [-0.25, -0.2) is 9.59 Å². The molecule has 0 unspecified atom stereocenters. The van der Waals surface area contributed by atoms with E-state index in [1.54, 1.807) is 0 Å². The van der Waals surface area contributed by atoms with Crippen LogP contribution in [0.2, 0.25) is 0 Å². The summed E-state index contributed by atoms with van der Waals surface area (Å²) in [6.45, 7) is 0.624. The number of benzene rings is 1. The van der Waals surface area contributed by atoms with Crippen LogP contribution in [-0.4, -0.2) is 35.3 Å². The van der Waals surface area contributed by atoms with E-state index in [9.17, 15) is 14.7 Å². The van der Waals surface area contributed by atoms with Gasteiger partial charge in [-0.3, -0.25) is 0 Å². The number of rotatable bonds is 4. The monoisotopic (exact) mass is 239 g/mol. The van der Waals surface area contributed by atoms with Crippen LogP contribution in [0, 0.1) is 0 Å². The number of urea groups is 1. The molecule has 1 aromatic carbocycles. The van der Waals surface area contributed by atoms with Crippen molar-refractivity contribution in [2.75, 3.05) is 18.4 Å². The number of carbonyl (C=O) groups is 2. The van der Waals surface area contributed by atoms with Crippen molar-refractivity contribution < 1.29 is 19.8 Å². The number of nitrogens with two attached hydrogens (primary N) is 1. The van der Waals surface area contributed by atoms with E-state index in [1.807, 2.05) is 0 Å². The van der Waals surface area contributed by atoms with Crippen molar-refractivity contribution in [3.8, 4) is 5.75 Å². The summed E-state index contributed by atoms with van der Waals surface area (Å²) < 4.78 is 0. The molecule has 1 rings (SSSR count). The highest BCUT2D eigenvalue weighted by atomic mass is 16.4. The number of aromatic hydroxyl groups is 1. The summed E-state index contributed by atoms with van der Waals surface area (Å²) >= 11 is 0. The number of carbonyl (C=O) groups excluding carboxylic acids is 1. The first-order valence-electron chi connectivity index (χ1n) is 4.86. The Morgan fingerprint density at radius 2 is 2.06 bits per heavy atom. The lowest BCUT2D eigenvalue weighted by atomic mass is 10.2. The Morgan fingerprint density at radius 1 is 1.35 bits per heavy atom. The average molecular weight is 239 g/mol. The zero-order valence-electron chi connectivity index (χ0n) is 8.93. The summed E-state index contributed by atoms with van der Waals surface area (Å²) in [6, 6.07) is 3.27. The molecule has 0 bridgehead atoms. The molecule has 0 spiro atoms. The van der Waals surface area contributed by atoms with E-state index >= 15 is 0 Å². The average Bonchev–Trinajstić information content (AvgIpc) is 2.28. The summed E-state index contributed by atoms with van der Waals surface area (Å²) in [5, 5.41) is 22.9. The third kappa shape index (κ3) is 3.65. The minimum Gasteiger partial charge on any atom is -0.507 e.